The van der Waals surface area contributed by atoms with Gasteiger partial charge < -0.3 is 20.2 Å². The molecule has 2 N–H and O–H groups in total. The number of fused-ring (bicyclic) bond motifs is 1. The van der Waals surface area contributed by atoms with Crippen molar-refractivity contribution in [2.24, 2.45) is 11.7 Å². The number of likely N-dealkylation sites (tertiary alicyclic amines) is 1. The summed E-state index contributed by atoms with van der Waals surface area (Å²) in [5.41, 5.74) is 6.78. The average Bonchev–Trinajstić information content (AvgIpc) is 3.54. The second-order valence-corrected chi connectivity index (χ2v) is 9.14. The zero-order chi connectivity index (χ0) is 19.3. The van der Waals surface area contributed by atoms with E-state index < -0.39 is 0 Å². The van der Waals surface area contributed by atoms with Gasteiger partial charge in [0.25, 0.3) is 0 Å². The Morgan fingerprint density at radius 1 is 1.18 bits per heavy atom. The fourth-order valence-electron chi connectivity index (χ4n) is 5.34. The highest BCUT2D eigenvalue weighted by Gasteiger charge is 2.44. The number of halogens is 1. The van der Waals surface area contributed by atoms with Crippen molar-refractivity contribution in [2.75, 3.05) is 26.2 Å². The molecular weight excluding hydrogens is 356 g/mol. The van der Waals surface area contributed by atoms with Gasteiger partial charge in [0, 0.05) is 49.9 Å². The lowest BCUT2D eigenvalue weighted by Gasteiger charge is -2.47. The third kappa shape index (κ3) is 3.43. The van der Waals surface area contributed by atoms with E-state index in [4.69, 9.17) is 10.5 Å². The van der Waals surface area contributed by atoms with Crippen LogP contribution in [0.2, 0.25) is 12.6 Å². The molecule has 0 aromatic heterocycles. The van der Waals surface area contributed by atoms with Crippen LogP contribution in [0.3, 0.4) is 0 Å². The van der Waals surface area contributed by atoms with Crippen molar-refractivity contribution >= 4 is 12.8 Å². The van der Waals surface area contributed by atoms with Gasteiger partial charge >= 0.3 is 0 Å². The van der Waals surface area contributed by atoms with Crippen LogP contribution in [0, 0.1) is 11.7 Å². The zero-order valence-electron chi connectivity index (χ0n) is 16.4. The molecule has 0 aliphatic carbocycles. The predicted molar refractivity (Wildman–Crippen MR) is 107 cm³/mol. The lowest BCUT2D eigenvalue weighted by atomic mass is 9.79. The Kier molecular flexibility index (Phi) is 4.63. The molecule has 5 rings (SSSR count). The molecule has 0 saturated carbocycles. The molecular formula is C21H29BFN3O2. The molecule has 4 heterocycles. The average molecular weight is 385 g/mol. The van der Waals surface area contributed by atoms with E-state index >= 15 is 0 Å². The van der Waals surface area contributed by atoms with Crippen LogP contribution in [-0.4, -0.2) is 54.2 Å². The van der Waals surface area contributed by atoms with Gasteiger partial charge in [0.2, 0.25) is 12.8 Å². The number of carbonyl (C=O) groups is 1. The van der Waals surface area contributed by atoms with Crippen molar-refractivity contribution in [3.8, 4) is 5.75 Å². The number of carbonyl (C=O) groups excluding carboxylic acids is 1. The molecule has 5 nitrogen and oxygen atoms in total. The summed E-state index contributed by atoms with van der Waals surface area (Å²) < 4.78 is 19.8. The van der Waals surface area contributed by atoms with E-state index in [1.54, 1.807) is 6.07 Å². The highest BCUT2D eigenvalue weighted by Crippen LogP contribution is 2.43. The van der Waals surface area contributed by atoms with Crippen molar-refractivity contribution < 1.29 is 13.9 Å². The zero-order valence-corrected chi connectivity index (χ0v) is 16.4. The van der Waals surface area contributed by atoms with Gasteiger partial charge in [-0.05, 0) is 44.1 Å². The van der Waals surface area contributed by atoms with Crippen LogP contribution in [0.1, 0.15) is 43.7 Å². The van der Waals surface area contributed by atoms with Crippen LogP contribution in [0.4, 0.5) is 4.39 Å². The number of amides is 1. The number of benzene rings is 1. The van der Waals surface area contributed by atoms with Gasteiger partial charge in [0.05, 0.1) is 0 Å². The van der Waals surface area contributed by atoms with Crippen LogP contribution in [-0.2, 0) is 4.79 Å². The van der Waals surface area contributed by atoms with Crippen LogP contribution < -0.4 is 10.5 Å². The summed E-state index contributed by atoms with van der Waals surface area (Å²) >= 11 is 0. The number of hydrogen-bond donors (Lipinski definition) is 1. The molecule has 0 bridgehead atoms. The Labute approximate surface area is 166 Å². The molecule has 0 radical (unpaired) electrons. The summed E-state index contributed by atoms with van der Waals surface area (Å²) in [5, 5.41) is 0. The maximum absolute atomic E-state index is 13.5. The van der Waals surface area contributed by atoms with E-state index in [1.165, 1.54) is 24.8 Å². The molecule has 1 spiro atoms. The second kappa shape index (κ2) is 7.03. The molecule has 1 unspecified atom stereocenters. The van der Waals surface area contributed by atoms with Gasteiger partial charge in [-0.2, -0.15) is 0 Å². The van der Waals surface area contributed by atoms with E-state index in [0.29, 0.717) is 18.1 Å². The number of ether oxygens (including phenoxy) is 1. The Morgan fingerprint density at radius 3 is 2.57 bits per heavy atom. The Hall–Kier alpha value is -1.60. The standard InChI is InChI=1S/C21H29BFN3O2/c23-16-1-2-19-17(13-16)18(24)14-21(28-19)5-11-25(12-6-21)20(27)15-3-9-26(10-4-15)22-7-8-22/h1-2,13,15,18H,3-12,14,24H2. The number of hydrogen-bond acceptors (Lipinski definition) is 4. The van der Waals surface area contributed by atoms with Crippen molar-refractivity contribution in [3.05, 3.63) is 29.6 Å². The van der Waals surface area contributed by atoms with Crippen molar-refractivity contribution in [3.63, 3.8) is 0 Å². The maximum Gasteiger partial charge on any atom is 0.225 e. The van der Waals surface area contributed by atoms with Crippen molar-refractivity contribution in [1.82, 2.24) is 9.71 Å². The second-order valence-electron chi connectivity index (χ2n) is 9.14. The van der Waals surface area contributed by atoms with Gasteiger partial charge in [-0.3, -0.25) is 4.79 Å². The number of nitrogens with two attached hydrogens (primary N) is 1. The normalized spacial score (nSPS) is 27.4. The summed E-state index contributed by atoms with van der Waals surface area (Å²) in [6.45, 7) is 4.40. The molecule has 28 heavy (non-hydrogen) atoms. The van der Waals surface area contributed by atoms with E-state index in [2.05, 4.69) is 4.81 Å². The molecule has 1 amide bonds. The van der Waals surface area contributed by atoms with Gasteiger partial charge in [-0.1, -0.05) is 12.6 Å². The van der Waals surface area contributed by atoms with Gasteiger partial charge in [0.15, 0.2) is 0 Å². The summed E-state index contributed by atoms with van der Waals surface area (Å²) in [5.74, 6) is 0.935. The maximum atomic E-state index is 13.5. The molecule has 150 valence electrons. The lowest BCUT2D eigenvalue weighted by molar-refractivity contribution is -0.140. The largest absolute Gasteiger partial charge is 0.487 e. The van der Waals surface area contributed by atoms with E-state index in [-0.39, 0.29) is 23.4 Å². The van der Waals surface area contributed by atoms with Crippen LogP contribution >= 0.6 is 0 Å². The highest BCUT2D eigenvalue weighted by atomic mass is 19.1. The molecule has 1 atom stereocenters. The monoisotopic (exact) mass is 385 g/mol. The molecule has 3 saturated heterocycles. The Balaban J connectivity index is 1.19. The van der Waals surface area contributed by atoms with Crippen molar-refractivity contribution in [1.29, 1.82) is 0 Å². The minimum absolute atomic E-state index is 0.183. The lowest BCUT2D eigenvalue weighted by Crippen LogP contribution is -2.54. The first-order valence-electron chi connectivity index (χ1n) is 10.8. The smallest absolute Gasteiger partial charge is 0.225 e. The van der Waals surface area contributed by atoms with Gasteiger partial charge in [-0.15, -0.1) is 0 Å². The summed E-state index contributed by atoms with van der Waals surface area (Å²) in [6, 6.07) is 4.39. The highest BCUT2D eigenvalue weighted by molar-refractivity contribution is 6.66. The summed E-state index contributed by atoms with van der Waals surface area (Å²) in [7, 11) is 0. The first-order chi connectivity index (χ1) is 13.5. The Morgan fingerprint density at radius 2 is 1.89 bits per heavy atom. The minimum atomic E-state index is -0.323. The minimum Gasteiger partial charge on any atom is -0.487 e. The van der Waals surface area contributed by atoms with Crippen molar-refractivity contribution in [2.45, 2.75) is 56.4 Å². The topological polar surface area (TPSA) is 58.8 Å². The summed E-state index contributed by atoms with van der Waals surface area (Å²) in [6.07, 6.45) is 6.95. The fourth-order valence-corrected chi connectivity index (χ4v) is 5.34. The predicted octanol–water partition coefficient (Wildman–Crippen LogP) is 2.69. The molecule has 4 aliphatic rings. The molecule has 1 aromatic carbocycles. The molecule has 4 aliphatic heterocycles. The third-order valence-electron chi connectivity index (χ3n) is 7.22. The molecule has 7 heteroatoms. The number of nitrogens with zero attached hydrogens (tertiary/aromatic N) is 2. The van der Waals surface area contributed by atoms with Crippen LogP contribution in [0.25, 0.3) is 0 Å². The first kappa shape index (κ1) is 18.4. The third-order valence-corrected chi connectivity index (χ3v) is 7.22. The van der Waals surface area contributed by atoms with E-state index in [1.807, 2.05) is 4.90 Å². The first-order valence-corrected chi connectivity index (χ1v) is 10.8. The summed E-state index contributed by atoms with van der Waals surface area (Å²) in [4.78, 5) is 17.6. The molecule has 3 fully saturated rings. The van der Waals surface area contributed by atoms with Crippen LogP contribution in [0.5, 0.6) is 5.75 Å². The fraction of sp³-hybridized carbons (Fsp3) is 0.667. The van der Waals surface area contributed by atoms with E-state index in [9.17, 15) is 9.18 Å². The quantitative estimate of drug-likeness (QED) is 0.796. The molecule has 1 aromatic rings. The van der Waals surface area contributed by atoms with Crippen LogP contribution in [0.15, 0.2) is 18.2 Å². The number of piperidine rings is 2. The number of rotatable bonds is 2. The van der Waals surface area contributed by atoms with E-state index in [0.717, 1.165) is 64.3 Å². The van der Waals surface area contributed by atoms with Gasteiger partial charge in [-0.25, -0.2) is 4.39 Å². The SMILES string of the molecule is NC1CC2(CCN(C(=O)C3CCN(B4CC4)CC3)CC2)Oc2ccc(F)cc21. The van der Waals surface area contributed by atoms with Gasteiger partial charge in [0.1, 0.15) is 17.2 Å². The Bertz CT molecular complexity index is 756.